The number of rotatable bonds is 5. The van der Waals surface area contributed by atoms with Crippen LogP contribution in [0.4, 0.5) is 4.39 Å². The molecule has 134 valence electrons. The number of amides is 1. The lowest BCUT2D eigenvalue weighted by Crippen LogP contribution is -2.29. The van der Waals surface area contributed by atoms with Crippen molar-refractivity contribution in [2.24, 2.45) is 0 Å². The second kappa shape index (κ2) is 7.54. The van der Waals surface area contributed by atoms with Gasteiger partial charge >= 0.3 is 0 Å². The standard InChI is InChI=1S/C21H20FNO3/c1-13-3-6-15(7-4-13)16-8-9-17(18(22)11-16)21(25)23-12-19(24)20-10-5-14(2)26-20/h3-11,19,24H,12H2,1-2H3,(H,23,25). The van der Waals surface area contributed by atoms with Gasteiger partial charge in [0.1, 0.15) is 23.4 Å². The predicted molar refractivity (Wildman–Crippen MR) is 97.3 cm³/mol. The van der Waals surface area contributed by atoms with Crippen molar-refractivity contribution in [1.29, 1.82) is 0 Å². The van der Waals surface area contributed by atoms with Crippen LogP contribution in [0.3, 0.4) is 0 Å². The average molecular weight is 353 g/mol. The lowest BCUT2D eigenvalue weighted by atomic mass is 10.0. The van der Waals surface area contributed by atoms with Crippen LogP contribution < -0.4 is 5.32 Å². The summed E-state index contributed by atoms with van der Waals surface area (Å²) in [6, 6.07) is 15.6. The van der Waals surface area contributed by atoms with E-state index in [0.717, 1.165) is 11.1 Å². The molecule has 1 atom stereocenters. The molecule has 0 saturated carbocycles. The molecule has 0 saturated heterocycles. The molecule has 0 aliphatic heterocycles. The molecule has 5 heteroatoms. The Labute approximate surface area is 151 Å². The Balaban J connectivity index is 1.68. The van der Waals surface area contributed by atoms with E-state index in [1.807, 2.05) is 31.2 Å². The van der Waals surface area contributed by atoms with E-state index in [9.17, 15) is 14.3 Å². The Morgan fingerprint density at radius 3 is 2.38 bits per heavy atom. The quantitative estimate of drug-likeness (QED) is 0.724. The van der Waals surface area contributed by atoms with Crippen LogP contribution in [-0.2, 0) is 0 Å². The molecule has 1 heterocycles. The lowest BCUT2D eigenvalue weighted by Gasteiger charge is -2.11. The maximum Gasteiger partial charge on any atom is 0.254 e. The van der Waals surface area contributed by atoms with Gasteiger partial charge in [-0.2, -0.15) is 0 Å². The second-order valence-corrected chi connectivity index (χ2v) is 6.23. The summed E-state index contributed by atoms with van der Waals surface area (Å²) in [5.74, 6) is -0.162. The minimum atomic E-state index is -0.984. The Morgan fingerprint density at radius 1 is 1.08 bits per heavy atom. The normalized spacial score (nSPS) is 12.0. The molecule has 26 heavy (non-hydrogen) atoms. The molecule has 0 spiro atoms. The third kappa shape index (κ3) is 4.00. The SMILES string of the molecule is Cc1ccc(-c2ccc(C(=O)NCC(O)c3ccc(C)o3)c(F)c2)cc1. The van der Waals surface area contributed by atoms with Gasteiger partial charge in [0.2, 0.25) is 0 Å². The smallest absolute Gasteiger partial charge is 0.254 e. The van der Waals surface area contributed by atoms with Crippen molar-refractivity contribution >= 4 is 5.91 Å². The number of hydrogen-bond donors (Lipinski definition) is 2. The summed E-state index contributed by atoms with van der Waals surface area (Å²) in [6.07, 6.45) is -0.984. The predicted octanol–water partition coefficient (Wildman–Crippen LogP) is 4.17. The molecule has 1 aromatic heterocycles. The summed E-state index contributed by atoms with van der Waals surface area (Å²) in [5, 5.41) is 12.5. The van der Waals surface area contributed by atoms with E-state index in [0.29, 0.717) is 17.1 Å². The Bertz CT molecular complexity index is 915. The molecule has 2 aromatic carbocycles. The fourth-order valence-corrected chi connectivity index (χ4v) is 2.64. The number of carbonyl (C=O) groups is 1. The number of carbonyl (C=O) groups excluding carboxylic acids is 1. The number of benzene rings is 2. The van der Waals surface area contributed by atoms with Gasteiger partial charge < -0.3 is 14.8 Å². The van der Waals surface area contributed by atoms with Gasteiger partial charge in [-0.1, -0.05) is 35.9 Å². The number of aliphatic hydroxyl groups excluding tert-OH is 1. The van der Waals surface area contributed by atoms with Crippen molar-refractivity contribution in [3.63, 3.8) is 0 Å². The fraction of sp³-hybridized carbons (Fsp3) is 0.190. The summed E-state index contributed by atoms with van der Waals surface area (Å²) >= 11 is 0. The van der Waals surface area contributed by atoms with Crippen LogP contribution in [0.2, 0.25) is 0 Å². The average Bonchev–Trinajstić information content (AvgIpc) is 3.06. The van der Waals surface area contributed by atoms with Crippen LogP contribution in [0.1, 0.15) is 33.5 Å². The van der Waals surface area contributed by atoms with Crippen LogP contribution in [0.5, 0.6) is 0 Å². The first-order chi connectivity index (χ1) is 12.4. The molecule has 0 aliphatic carbocycles. The number of hydrogen-bond acceptors (Lipinski definition) is 3. The van der Waals surface area contributed by atoms with Crippen molar-refractivity contribution in [2.45, 2.75) is 20.0 Å². The highest BCUT2D eigenvalue weighted by Gasteiger charge is 2.16. The van der Waals surface area contributed by atoms with Gasteiger partial charge in [0.15, 0.2) is 0 Å². The van der Waals surface area contributed by atoms with Crippen molar-refractivity contribution < 1.29 is 18.7 Å². The molecule has 3 rings (SSSR count). The van der Waals surface area contributed by atoms with E-state index in [1.54, 1.807) is 25.1 Å². The molecule has 2 N–H and O–H groups in total. The molecular weight excluding hydrogens is 333 g/mol. The first-order valence-corrected chi connectivity index (χ1v) is 8.33. The number of aryl methyl sites for hydroxylation is 2. The topological polar surface area (TPSA) is 62.5 Å². The van der Waals surface area contributed by atoms with Crippen molar-refractivity contribution in [3.05, 3.63) is 83.1 Å². The monoisotopic (exact) mass is 353 g/mol. The van der Waals surface area contributed by atoms with Crippen LogP contribution in [-0.4, -0.2) is 17.6 Å². The third-order valence-corrected chi connectivity index (χ3v) is 4.14. The van der Waals surface area contributed by atoms with E-state index >= 15 is 0 Å². The van der Waals surface area contributed by atoms with Crippen molar-refractivity contribution in [3.8, 4) is 11.1 Å². The van der Waals surface area contributed by atoms with Crippen LogP contribution in [0.15, 0.2) is 59.0 Å². The van der Waals surface area contributed by atoms with Gasteiger partial charge in [0.25, 0.3) is 5.91 Å². The molecule has 3 aromatic rings. The number of aliphatic hydroxyl groups is 1. The Hall–Kier alpha value is -2.92. The molecule has 0 fully saturated rings. The van der Waals surface area contributed by atoms with E-state index in [4.69, 9.17) is 4.42 Å². The summed E-state index contributed by atoms with van der Waals surface area (Å²) in [5.41, 5.74) is 2.63. The highest BCUT2D eigenvalue weighted by atomic mass is 19.1. The Kier molecular flexibility index (Phi) is 5.19. The summed E-state index contributed by atoms with van der Waals surface area (Å²) in [7, 11) is 0. The second-order valence-electron chi connectivity index (χ2n) is 6.23. The zero-order chi connectivity index (χ0) is 18.7. The zero-order valence-corrected chi connectivity index (χ0v) is 14.6. The minimum Gasteiger partial charge on any atom is -0.464 e. The minimum absolute atomic E-state index is 0.0645. The van der Waals surface area contributed by atoms with E-state index in [-0.39, 0.29) is 12.1 Å². The number of halogens is 1. The number of nitrogens with one attached hydrogen (secondary N) is 1. The molecular formula is C21H20FNO3. The molecule has 0 bridgehead atoms. The fourth-order valence-electron chi connectivity index (χ4n) is 2.64. The van der Waals surface area contributed by atoms with Gasteiger partial charge in [-0.15, -0.1) is 0 Å². The summed E-state index contributed by atoms with van der Waals surface area (Å²) in [6.45, 7) is 3.68. The lowest BCUT2D eigenvalue weighted by molar-refractivity contribution is 0.0896. The first-order valence-electron chi connectivity index (χ1n) is 8.33. The van der Waals surface area contributed by atoms with Gasteiger partial charge in [0.05, 0.1) is 12.1 Å². The highest BCUT2D eigenvalue weighted by molar-refractivity contribution is 5.95. The molecule has 0 aliphatic rings. The maximum atomic E-state index is 14.4. The first kappa shape index (κ1) is 17.9. The van der Waals surface area contributed by atoms with E-state index < -0.39 is 17.8 Å². The van der Waals surface area contributed by atoms with Crippen LogP contribution >= 0.6 is 0 Å². The van der Waals surface area contributed by atoms with Crippen molar-refractivity contribution in [1.82, 2.24) is 5.32 Å². The van der Waals surface area contributed by atoms with E-state index in [1.165, 1.54) is 12.1 Å². The van der Waals surface area contributed by atoms with E-state index in [2.05, 4.69) is 5.32 Å². The number of furan rings is 1. The van der Waals surface area contributed by atoms with Gasteiger partial charge in [-0.25, -0.2) is 4.39 Å². The van der Waals surface area contributed by atoms with Crippen LogP contribution in [0.25, 0.3) is 11.1 Å². The van der Waals surface area contributed by atoms with Gasteiger partial charge in [-0.3, -0.25) is 4.79 Å². The van der Waals surface area contributed by atoms with Gasteiger partial charge in [-0.05, 0) is 49.2 Å². The van der Waals surface area contributed by atoms with Crippen molar-refractivity contribution in [2.75, 3.05) is 6.54 Å². The third-order valence-electron chi connectivity index (χ3n) is 4.14. The molecule has 4 nitrogen and oxygen atoms in total. The zero-order valence-electron chi connectivity index (χ0n) is 14.6. The molecule has 1 unspecified atom stereocenters. The van der Waals surface area contributed by atoms with Gasteiger partial charge in [0, 0.05) is 0 Å². The summed E-state index contributed by atoms with van der Waals surface area (Å²) in [4.78, 5) is 12.2. The Morgan fingerprint density at radius 2 is 1.77 bits per heavy atom. The molecule has 0 radical (unpaired) electrons. The summed E-state index contributed by atoms with van der Waals surface area (Å²) < 4.78 is 19.7. The highest BCUT2D eigenvalue weighted by Crippen LogP contribution is 2.22. The molecule has 1 amide bonds. The van der Waals surface area contributed by atoms with Crippen LogP contribution in [0, 0.1) is 19.7 Å². The maximum absolute atomic E-state index is 14.4. The largest absolute Gasteiger partial charge is 0.464 e.